The van der Waals surface area contributed by atoms with E-state index < -0.39 is 5.97 Å². The molecule has 0 saturated heterocycles. The molecule has 4 heteroatoms. The van der Waals surface area contributed by atoms with Gasteiger partial charge >= 0.3 is 5.97 Å². The summed E-state index contributed by atoms with van der Waals surface area (Å²) in [5.41, 5.74) is 2.44. The van der Waals surface area contributed by atoms with E-state index in [4.69, 9.17) is 5.11 Å². The summed E-state index contributed by atoms with van der Waals surface area (Å²) < 4.78 is 1.18. The summed E-state index contributed by atoms with van der Waals surface area (Å²) in [7, 11) is 0. The van der Waals surface area contributed by atoms with E-state index in [0.29, 0.717) is 5.56 Å². The number of rotatable bonds is 2. The van der Waals surface area contributed by atoms with Crippen LogP contribution in [0.15, 0.2) is 48.5 Å². The molecule has 0 saturated carbocycles. The van der Waals surface area contributed by atoms with E-state index in [1.165, 1.54) is 3.57 Å². The van der Waals surface area contributed by atoms with Crippen LogP contribution in [-0.2, 0) is 0 Å². The predicted octanol–water partition coefficient (Wildman–Crippen LogP) is 4.08. The molecule has 2 rings (SSSR count). The molecule has 0 aromatic heterocycles. The average molecular weight is 361 g/mol. The second-order valence-corrected chi connectivity index (χ2v) is 4.64. The fraction of sp³-hybridized carbons (Fsp3) is 0. The lowest BCUT2D eigenvalue weighted by molar-refractivity contribution is 0.0697. The van der Waals surface area contributed by atoms with Gasteiger partial charge in [0.2, 0.25) is 0 Å². The predicted molar refractivity (Wildman–Crippen MR) is 78.8 cm³/mol. The van der Waals surface area contributed by atoms with E-state index in [0.717, 1.165) is 11.1 Å². The third-order valence-electron chi connectivity index (χ3n) is 2.31. The van der Waals surface area contributed by atoms with Crippen molar-refractivity contribution < 1.29 is 9.90 Å². The lowest BCUT2D eigenvalue weighted by Crippen LogP contribution is -1.94. The highest BCUT2D eigenvalue weighted by molar-refractivity contribution is 14.1. The van der Waals surface area contributed by atoms with Crippen molar-refractivity contribution in [3.63, 3.8) is 0 Å². The van der Waals surface area contributed by atoms with Crippen molar-refractivity contribution in [2.45, 2.75) is 0 Å². The van der Waals surface area contributed by atoms with Crippen LogP contribution in [0.2, 0.25) is 0 Å². The number of hydrogen-bond donors (Lipinski definition) is 1. The Balaban J connectivity index is 0.00000144. The van der Waals surface area contributed by atoms with Crippen LogP contribution >= 0.6 is 35.0 Å². The zero-order valence-corrected chi connectivity index (χ0v) is 11.7. The molecule has 0 unspecified atom stereocenters. The zero-order chi connectivity index (χ0) is 11.5. The molecule has 0 amide bonds. The minimum atomic E-state index is -0.894. The molecule has 88 valence electrons. The molecule has 0 spiro atoms. The van der Waals surface area contributed by atoms with Crippen molar-refractivity contribution in [1.29, 1.82) is 0 Å². The molecule has 2 aromatic carbocycles. The maximum absolute atomic E-state index is 10.7. The smallest absolute Gasteiger partial charge is 0.335 e. The van der Waals surface area contributed by atoms with Gasteiger partial charge in [0.15, 0.2) is 0 Å². The first kappa shape index (κ1) is 14.0. The Morgan fingerprint density at radius 1 is 0.882 bits per heavy atom. The third-order valence-corrected chi connectivity index (χ3v) is 3.03. The van der Waals surface area contributed by atoms with Crippen molar-refractivity contribution in [2.75, 3.05) is 0 Å². The van der Waals surface area contributed by atoms with E-state index in [-0.39, 0.29) is 12.4 Å². The van der Waals surface area contributed by atoms with Gasteiger partial charge in [0.1, 0.15) is 0 Å². The minimum absolute atomic E-state index is 0. The third kappa shape index (κ3) is 3.44. The Kier molecular flexibility index (Phi) is 4.96. The first-order valence-corrected chi connectivity index (χ1v) is 5.84. The number of carboxylic acids is 1. The number of aromatic carboxylic acids is 1. The van der Waals surface area contributed by atoms with Crippen LogP contribution in [0.5, 0.6) is 0 Å². The van der Waals surface area contributed by atoms with Gasteiger partial charge in [-0.1, -0.05) is 24.3 Å². The second kappa shape index (κ2) is 6.02. The molecule has 0 radical (unpaired) electrons. The van der Waals surface area contributed by atoms with Crippen LogP contribution < -0.4 is 0 Å². The second-order valence-electron chi connectivity index (χ2n) is 3.39. The summed E-state index contributed by atoms with van der Waals surface area (Å²) in [5.74, 6) is -0.894. The van der Waals surface area contributed by atoms with E-state index in [9.17, 15) is 4.79 Å². The minimum Gasteiger partial charge on any atom is -0.478 e. The number of carbonyl (C=O) groups is 1. The van der Waals surface area contributed by atoms with Crippen LogP contribution in [0, 0.1) is 3.57 Å². The van der Waals surface area contributed by atoms with E-state index in [1.807, 2.05) is 36.4 Å². The molecular formula is C13H10ClIO2. The Hall–Kier alpha value is -1.07. The van der Waals surface area contributed by atoms with Gasteiger partial charge in [-0.25, -0.2) is 4.79 Å². The maximum Gasteiger partial charge on any atom is 0.335 e. The Morgan fingerprint density at radius 3 is 1.71 bits per heavy atom. The molecule has 0 bridgehead atoms. The quantitative estimate of drug-likeness (QED) is 0.820. The van der Waals surface area contributed by atoms with Crippen LogP contribution in [0.4, 0.5) is 0 Å². The summed E-state index contributed by atoms with van der Waals surface area (Å²) in [6, 6.07) is 15.0. The molecule has 2 nitrogen and oxygen atoms in total. The van der Waals surface area contributed by atoms with Gasteiger partial charge < -0.3 is 5.11 Å². The van der Waals surface area contributed by atoms with Crippen molar-refractivity contribution in [1.82, 2.24) is 0 Å². The molecular weight excluding hydrogens is 350 g/mol. The van der Waals surface area contributed by atoms with Crippen LogP contribution in [-0.4, -0.2) is 11.1 Å². The summed E-state index contributed by atoms with van der Waals surface area (Å²) in [6.45, 7) is 0. The summed E-state index contributed by atoms with van der Waals surface area (Å²) >= 11 is 2.25. The zero-order valence-electron chi connectivity index (χ0n) is 8.76. The van der Waals surface area contributed by atoms with Gasteiger partial charge in [-0.2, -0.15) is 0 Å². The number of carboxylic acid groups (broad SMARTS) is 1. The van der Waals surface area contributed by atoms with Crippen molar-refractivity contribution >= 4 is 41.0 Å². The highest BCUT2D eigenvalue weighted by atomic mass is 127. The van der Waals surface area contributed by atoms with Crippen LogP contribution in [0.1, 0.15) is 10.4 Å². The number of hydrogen-bond acceptors (Lipinski definition) is 1. The molecule has 0 heterocycles. The van der Waals surface area contributed by atoms with Crippen molar-refractivity contribution in [3.05, 3.63) is 57.7 Å². The SMILES string of the molecule is Cl.O=C(O)c1ccc(-c2ccc(I)cc2)cc1. The fourth-order valence-corrected chi connectivity index (χ4v) is 1.81. The largest absolute Gasteiger partial charge is 0.478 e. The topological polar surface area (TPSA) is 37.3 Å². The van der Waals surface area contributed by atoms with Gasteiger partial charge in [-0.15, -0.1) is 12.4 Å². The molecule has 0 aliphatic rings. The highest BCUT2D eigenvalue weighted by Gasteiger charge is 2.02. The molecule has 0 aliphatic heterocycles. The van der Waals surface area contributed by atoms with Gasteiger partial charge in [0.25, 0.3) is 0 Å². The molecule has 1 N–H and O–H groups in total. The molecule has 0 aliphatic carbocycles. The van der Waals surface area contributed by atoms with E-state index in [2.05, 4.69) is 22.6 Å². The van der Waals surface area contributed by atoms with Gasteiger partial charge in [-0.05, 0) is 58.0 Å². The van der Waals surface area contributed by atoms with Crippen LogP contribution in [0.3, 0.4) is 0 Å². The van der Waals surface area contributed by atoms with Gasteiger partial charge in [0.05, 0.1) is 5.56 Å². The lowest BCUT2D eigenvalue weighted by atomic mass is 10.0. The fourth-order valence-electron chi connectivity index (χ4n) is 1.45. The standard InChI is InChI=1S/C13H9IO2.ClH/c14-12-7-5-10(6-8-12)9-1-3-11(4-2-9)13(15)16;/h1-8H,(H,15,16);1H. The average Bonchev–Trinajstić information content (AvgIpc) is 2.30. The summed E-state index contributed by atoms with van der Waals surface area (Å²) in [5, 5.41) is 8.78. The van der Waals surface area contributed by atoms with E-state index in [1.54, 1.807) is 12.1 Å². The van der Waals surface area contributed by atoms with Crippen molar-refractivity contribution in [3.8, 4) is 11.1 Å². The van der Waals surface area contributed by atoms with Gasteiger partial charge in [0, 0.05) is 3.57 Å². The van der Waals surface area contributed by atoms with Crippen molar-refractivity contribution in [2.24, 2.45) is 0 Å². The maximum atomic E-state index is 10.7. The first-order chi connectivity index (χ1) is 7.66. The van der Waals surface area contributed by atoms with Gasteiger partial charge in [-0.3, -0.25) is 0 Å². The van der Waals surface area contributed by atoms with E-state index >= 15 is 0 Å². The monoisotopic (exact) mass is 360 g/mol. The summed E-state index contributed by atoms with van der Waals surface area (Å²) in [4.78, 5) is 10.7. The lowest BCUT2D eigenvalue weighted by Gasteiger charge is -2.02. The summed E-state index contributed by atoms with van der Waals surface area (Å²) in [6.07, 6.45) is 0. The number of benzene rings is 2. The number of halogens is 2. The molecule has 17 heavy (non-hydrogen) atoms. The normalized spacial score (nSPS) is 9.47. The molecule has 0 atom stereocenters. The molecule has 2 aromatic rings. The molecule has 0 fully saturated rings. The highest BCUT2D eigenvalue weighted by Crippen LogP contribution is 2.20. The Bertz CT molecular complexity index is 506. The Morgan fingerprint density at radius 2 is 1.29 bits per heavy atom. The van der Waals surface area contributed by atoms with Crippen LogP contribution in [0.25, 0.3) is 11.1 Å². The Labute approximate surface area is 119 Å². The first-order valence-electron chi connectivity index (χ1n) is 4.76.